The molecule has 1 aliphatic rings. The smallest absolute Gasteiger partial charge is 0.247 e. The molecule has 4 heterocycles. The van der Waals surface area contributed by atoms with E-state index in [0.717, 1.165) is 21.8 Å². The van der Waals surface area contributed by atoms with Gasteiger partial charge in [-0.15, -0.1) is 11.3 Å². The van der Waals surface area contributed by atoms with E-state index in [9.17, 15) is 8.42 Å². The Kier molecular flexibility index (Phi) is 4.56. The summed E-state index contributed by atoms with van der Waals surface area (Å²) in [6.07, 6.45) is 5.02. The molecule has 3 aromatic heterocycles. The standard InChI is InChI=1S/C21H18N4O3S2/c1-30(26,27)25-18(13-17(22-25)19-9-5-11-28-19)16-14-24(15-7-3-2-4-8-15)23-21(16)20-10-6-12-29-20/h2-12,14,18H,13H2,1H3/t18-/m1/s1. The number of sulfonamides is 1. The number of aromatic nitrogens is 2. The number of hydrogen-bond donors (Lipinski definition) is 0. The Bertz CT molecular complexity index is 1290. The largest absolute Gasteiger partial charge is 0.463 e. The lowest BCUT2D eigenvalue weighted by atomic mass is 10.0. The molecule has 0 spiro atoms. The summed E-state index contributed by atoms with van der Waals surface area (Å²) in [6, 6.07) is 16.7. The van der Waals surface area contributed by atoms with Gasteiger partial charge in [0.1, 0.15) is 17.2 Å². The summed E-state index contributed by atoms with van der Waals surface area (Å²) in [6.45, 7) is 0. The van der Waals surface area contributed by atoms with Crippen molar-refractivity contribution in [1.29, 1.82) is 0 Å². The van der Waals surface area contributed by atoms with Gasteiger partial charge in [-0.3, -0.25) is 0 Å². The second-order valence-electron chi connectivity index (χ2n) is 6.97. The monoisotopic (exact) mass is 438 g/mol. The first-order valence-electron chi connectivity index (χ1n) is 9.30. The van der Waals surface area contributed by atoms with E-state index < -0.39 is 16.1 Å². The number of furan rings is 1. The highest BCUT2D eigenvalue weighted by Gasteiger charge is 2.38. The molecule has 0 fully saturated rings. The van der Waals surface area contributed by atoms with Crippen LogP contribution in [0.25, 0.3) is 16.3 Å². The summed E-state index contributed by atoms with van der Waals surface area (Å²) in [4.78, 5) is 0.972. The van der Waals surface area contributed by atoms with Crippen molar-refractivity contribution in [1.82, 2.24) is 14.2 Å². The van der Waals surface area contributed by atoms with E-state index in [4.69, 9.17) is 9.52 Å². The van der Waals surface area contributed by atoms with Crippen LogP contribution in [0.5, 0.6) is 0 Å². The lowest BCUT2D eigenvalue weighted by Gasteiger charge is -2.20. The molecule has 4 aromatic rings. The molecule has 152 valence electrons. The van der Waals surface area contributed by atoms with Gasteiger partial charge >= 0.3 is 0 Å². The van der Waals surface area contributed by atoms with Crippen LogP contribution in [0.2, 0.25) is 0 Å². The molecule has 1 aromatic carbocycles. The van der Waals surface area contributed by atoms with E-state index in [1.54, 1.807) is 34.4 Å². The van der Waals surface area contributed by atoms with Crippen molar-refractivity contribution in [2.45, 2.75) is 12.5 Å². The Morgan fingerprint density at radius 2 is 1.93 bits per heavy atom. The molecule has 1 atom stereocenters. The predicted molar refractivity (Wildman–Crippen MR) is 116 cm³/mol. The van der Waals surface area contributed by atoms with Gasteiger partial charge in [-0.2, -0.15) is 14.6 Å². The lowest BCUT2D eigenvalue weighted by Crippen LogP contribution is -2.26. The van der Waals surface area contributed by atoms with Crippen LogP contribution in [-0.2, 0) is 10.0 Å². The quantitative estimate of drug-likeness (QED) is 0.465. The molecular formula is C21H18N4O3S2. The molecule has 7 nitrogen and oxygen atoms in total. The first kappa shape index (κ1) is 18.8. The Balaban J connectivity index is 1.64. The molecule has 0 N–H and O–H groups in total. The maximum Gasteiger partial charge on any atom is 0.247 e. The Labute approximate surface area is 177 Å². The van der Waals surface area contributed by atoms with Gasteiger partial charge in [0.2, 0.25) is 10.0 Å². The fraction of sp³-hybridized carbons (Fsp3) is 0.143. The maximum atomic E-state index is 12.6. The summed E-state index contributed by atoms with van der Waals surface area (Å²) in [7, 11) is -3.59. The fourth-order valence-electron chi connectivity index (χ4n) is 3.57. The lowest BCUT2D eigenvalue weighted by molar-refractivity contribution is 0.375. The van der Waals surface area contributed by atoms with Crippen LogP contribution in [0.1, 0.15) is 23.8 Å². The average Bonchev–Trinajstić information content (AvgIpc) is 3.53. The van der Waals surface area contributed by atoms with Crippen LogP contribution in [0.3, 0.4) is 0 Å². The van der Waals surface area contributed by atoms with E-state index >= 15 is 0 Å². The van der Waals surface area contributed by atoms with E-state index in [1.165, 1.54) is 10.7 Å². The second-order valence-corrected chi connectivity index (χ2v) is 9.76. The van der Waals surface area contributed by atoms with E-state index in [-0.39, 0.29) is 0 Å². The first-order chi connectivity index (χ1) is 14.5. The van der Waals surface area contributed by atoms with Gasteiger partial charge in [-0.1, -0.05) is 24.3 Å². The number of hydrazone groups is 1. The summed E-state index contributed by atoms with van der Waals surface area (Å²) in [5, 5.41) is 11.2. The Morgan fingerprint density at radius 1 is 1.10 bits per heavy atom. The minimum atomic E-state index is -3.59. The van der Waals surface area contributed by atoms with Crippen LogP contribution < -0.4 is 0 Å². The number of hydrogen-bond acceptors (Lipinski definition) is 6. The molecule has 9 heteroatoms. The van der Waals surface area contributed by atoms with Crippen LogP contribution in [-0.4, -0.2) is 34.6 Å². The minimum Gasteiger partial charge on any atom is -0.463 e. The van der Waals surface area contributed by atoms with Crippen molar-refractivity contribution < 1.29 is 12.8 Å². The van der Waals surface area contributed by atoms with Gasteiger partial charge in [0, 0.05) is 18.2 Å². The van der Waals surface area contributed by atoms with Gasteiger partial charge in [-0.05, 0) is 35.7 Å². The van der Waals surface area contributed by atoms with Gasteiger partial charge < -0.3 is 4.42 Å². The van der Waals surface area contributed by atoms with Gasteiger partial charge in [0.25, 0.3) is 0 Å². The van der Waals surface area contributed by atoms with Crippen molar-refractivity contribution in [2.75, 3.05) is 6.26 Å². The third kappa shape index (κ3) is 3.35. The van der Waals surface area contributed by atoms with Crippen LogP contribution in [0.4, 0.5) is 0 Å². The van der Waals surface area contributed by atoms with Crippen molar-refractivity contribution in [2.24, 2.45) is 5.10 Å². The molecule has 5 rings (SSSR count). The van der Waals surface area contributed by atoms with E-state index in [1.807, 2.05) is 54.0 Å². The molecule has 0 aliphatic carbocycles. The highest BCUT2D eigenvalue weighted by Crippen LogP contribution is 2.40. The van der Waals surface area contributed by atoms with Crippen LogP contribution in [0.15, 0.2) is 82.0 Å². The van der Waals surface area contributed by atoms with Crippen LogP contribution in [0, 0.1) is 0 Å². The topological polar surface area (TPSA) is 80.7 Å². The zero-order valence-electron chi connectivity index (χ0n) is 16.0. The molecule has 0 bridgehead atoms. The van der Waals surface area contributed by atoms with Gasteiger partial charge in [-0.25, -0.2) is 13.1 Å². The van der Waals surface area contributed by atoms with Crippen molar-refractivity contribution in [3.05, 3.63) is 83.8 Å². The second kappa shape index (κ2) is 7.26. The molecule has 0 amide bonds. The molecular weight excluding hydrogens is 420 g/mol. The van der Waals surface area contributed by atoms with Crippen LogP contribution >= 0.6 is 11.3 Å². The fourth-order valence-corrected chi connectivity index (χ4v) is 5.19. The minimum absolute atomic E-state index is 0.402. The number of benzene rings is 1. The third-order valence-corrected chi connectivity index (χ3v) is 6.79. The highest BCUT2D eigenvalue weighted by atomic mass is 32.2. The van der Waals surface area contributed by atoms with Gasteiger partial charge in [0.15, 0.2) is 0 Å². The summed E-state index contributed by atoms with van der Waals surface area (Å²) >= 11 is 1.57. The van der Waals surface area contributed by atoms with Gasteiger partial charge in [0.05, 0.1) is 29.1 Å². The molecule has 0 saturated heterocycles. The SMILES string of the molecule is CS(=O)(=O)N1N=C(c2ccco2)C[C@@H]1c1cn(-c2ccccc2)nc1-c1cccs1. The van der Waals surface area contributed by atoms with E-state index in [2.05, 4.69) is 5.10 Å². The van der Waals surface area contributed by atoms with E-state index in [0.29, 0.717) is 17.9 Å². The molecule has 0 radical (unpaired) electrons. The first-order valence-corrected chi connectivity index (χ1v) is 12.0. The predicted octanol–water partition coefficient (Wildman–Crippen LogP) is 4.30. The third-order valence-electron chi connectivity index (χ3n) is 4.89. The highest BCUT2D eigenvalue weighted by molar-refractivity contribution is 7.88. The summed E-state index contributed by atoms with van der Waals surface area (Å²) in [5.74, 6) is 0.569. The summed E-state index contributed by atoms with van der Waals surface area (Å²) < 4.78 is 33.6. The average molecular weight is 439 g/mol. The zero-order valence-corrected chi connectivity index (χ0v) is 17.7. The van der Waals surface area contributed by atoms with Crippen molar-refractivity contribution >= 4 is 27.1 Å². The maximum absolute atomic E-state index is 12.6. The molecule has 0 saturated carbocycles. The van der Waals surface area contributed by atoms with Crippen molar-refractivity contribution in [3.8, 4) is 16.3 Å². The normalized spacial score (nSPS) is 16.8. The number of nitrogens with zero attached hydrogens (tertiary/aromatic N) is 4. The summed E-state index contributed by atoms with van der Waals surface area (Å²) in [5.41, 5.74) is 3.05. The molecule has 0 unspecified atom stereocenters. The Morgan fingerprint density at radius 3 is 2.60 bits per heavy atom. The Hall–Kier alpha value is -3.17. The zero-order chi connectivity index (χ0) is 20.7. The number of thiophene rings is 1. The van der Waals surface area contributed by atoms with Crippen molar-refractivity contribution in [3.63, 3.8) is 0 Å². The molecule has 1 aliphatic heterocycles. The number of para-hydroxylation sites is 1. The molecule has 30 heavy (non-hydrogen) atoms. The number of rotatable bonds is 5.